The number of aryl methyl sites for hydroxylation is 2. The first-order valence-electron chi connectivity index (χ1n) is 9.97. The van der Waals surface area contributed by atoms with Crippen LogP contribution in [0.4, 0.5) is 11.4 Å². The number of thioether (sulfide) groups is 1. The van der Waals surface area contributed by atoms with Crippen molar-refractivity contribution in [2.75, 3.05) is 25.6 Å². The number of anilines is 1. The number of amidine groups is 1. The van der Waals surface area contributed by atoms with Gasteiger partial charge < -0.3 is 10.1 Å². The monoisotopic (exact) mass is 459 g/mol. The highest BCUT2D eigenvalue weighted by Crippen LogP contribution is 2.32. The fraction of sp³-hybridized carbons (Fsp3) is 0.348. The highest BCUT2D eigenvalue weighted by atomic mass is 35.5. The average molecular weight is 460 g/mol. The van der Waals surface area contributed by atoms with E-state index >= 15 is 0 Å². The van der Waals surface area contributed by atoms with Crippen LogP contribution in [-0.4, -0.2) is 47.4 Å². The molecule has 3 rings (SSSR count). The molecule has 1 aliphatic rings. The summed E-state index contributed by atoms with van der Waals surface area (Å²) in [4.78, 5) is 32.0. The molecular formula is C23H26ClN3O3S. The van der Waals surface area contributed by atoms with Gasteiger partial charge in [-0.1, -0.05) is 35.5 Å². The molecule has 8 heteroatoms. The summed E-state index contributed by atoms with van der Waals surface area (Å²) in [7, 11) is 1.59. The SMILES string of the molecule is COCCN1C(=O)C(CC(=O)Nc2cccc(Cl)c2C)SC1=Nc1cc(C)cc(C)c1. The third kappa shape index (κ3) is 5.87. The minimum absolute atomic E-state index is 0.0464. The maximum Gasteiger partial charge on any atom is 0.242 e. The Morgan fingerprint density at radius 1 is 1.23 bits per heavy atom. The molecule has 31 heavy (non-hydrogen) atoms. The predicted molar refractivity (Wildman–Crippen MR) is 127 cm³/mol. The Morgan fingerprint density at radius 2 is 1.94 bits per heavy atom. The molecule has 2 amide bonds. The summed E-state index contributed by atoms with van der Waals surface area (Å²) < 4.78 is 5.16. The molecule has 1 atom stereocenters. The molecule has 1 fully saturated rings. The largest absolute Gasteiger partial charge is 0.383 e. The summed E-state index contributed by atoms with van der Waals surface area (Å²) in [5.74, 6) is -0.376. The summed E-state index contributed by atoms with van der Waals surface area (Å²) in [6.07, 6.45) is 0.0464. The third-order valence-electron chi connectivity index (χ3n) is 4.88. The second-order valence-electron chi connectivity index (χ2n) is 7.49. The molecule has 1 unspecified atom stereocenters. The number of methoxy groups -OCH3 is 1. The smallest absolute Gasteiger partial charge is 0.242 e. The summed E-state index contributed by atoms with van der Waals surface area (Å²) in [5.41, 5.74) is 4.43. The zero-order valence-electron chi connectivity index (χ0n) is 18.1. The van der Waals surface area contributed by atoms with Gasteiger partial charge in [-0.25, -0.2) is 4.99 Å². The zero-order valence-corrected chi connectivity index (χ0v) is 19.6. The molecule has 0 radical (unpaired) electrons. The van der Waals surface area contributed by atoms with Gasteiger partial charge in [0.2, 0.25) is 11.8 Å². The molecule has 1 aliphatic heterocycles. The van der Waals surface area contributed by atoms with Crippen LogP contribution in [0.15, 0.2) is 41.4 Å². The topological polar surface area (TPSA) is 71.0 Å². The van der Waals surface area contributed by atoms with E-state index in [1.165, 1.54) is 11.8 Å². The second kappa shape index (κ2) is 10.3. The molecule has 0 saturated carbocycles. The molecular weight excluding hydrogens is 434 g/mol. The molecule has 0 aromatic heterocycles. The molecule has 6 nitrogen and oxygen atoms in total. The van der Waals surface area contributed by atoms with E-state index in [0.717, 1.165) is 22.4 Å². The minimum atomic E-state index is -0.541. The van der Waals surface area contributed by atoms with E-state index in [4.69, 9.17) is 21.3 Å². The maximum atomic E-state index is 13.0. The van der Waals surface area contributed by atoms with E-state index in [0.29, 0.717) is 29.0 Å². The summed E-state index contributed by atoms with van der Waals surface area (Å²) >= 11 is 7.45. The summed E-state index contributed by atoms with van der Waals surface area (Å²) in [6, 6.07) is 11.4. The fourth-order valence-electron chi connectivity index (χ4n) is 3.35. The van der Waals surface area contributed by atoms with Gasteiger partial charge >= 0.3 is 0 Å². The second-order valence-corrected chi connectivity index (χ2v) is 9.07. The van der Waals surface area contributed by atoms with Gasteiger partial charge in [-0.3, -0.25) is 14.5 Å². The van der Waals surface area contributed by atoms with Crippen LogP contribution in [0.2, 0.25) is 5.02 Å². The molecule has 2 aromatic rings. The van der Waals surface area contributed by atoms with Crippen LogP contribution in [0.3, 0.4) is 0 Å². The van der Waals surface area contributed by atoms with E-state index in [9.17, 15) is 9.59 Å². The van der Waals surface area contributed by atoms with Crippen LogP contribution >= 0.6 is 23.4 Å². The number of hydrogen-bond acceptors (Lipinski definition) is 5. The first kappa shape index (κ1) is 23.3. The summed E-state index contributed by atoms with van der Waals surface area (Å²) in [6.45, 7) is 6.64. The predicted octanol–water partition coefficient (Wildman–Crippen LogP) is 4.87. The number of halogens is 1. The van der Waals surface area contributed by atoms with Crippen molar-refractivity contribution in [3.63, 3.8) is 0 Å². The van der Waals surface area contributed by atoms with Crippen LogP contribution in [0, 0.1) is 20.8 Å². The molecule has 1 N–H and O–H groups in total. The highest BCUT2D eigenvalue weighted by Gasteiger charge is 2.39. The molecule has 2 aromatic carbocycles. The van der Waals surface area contributed by atoms with Crippen molar-refractivity contribution in [2.24, 2.45) is 4.99 Å². The number of carbonyl (C=O) groups excluding carboxylic acids is 2. The number of rotatable bonds is 7. The highest BCUT2D eigenvalue weighted by molar-refractivity contribution is 8.15. The van der Waals surface area contributed by atoms with Gasteiger partial charge in [0.15, 0.2) is 5.17 Å². The Hall–Kier alpha value is -2.35. The Bertz CT molecular complexity index is 1000. The number of benzene rings is 2. The molecule has 0 spiro atoms. The van der Waals surface area contributed by atoms with E-state index in [1.807, 2.05) is 32.9 Å². The standard InChI is InChI=1S/C23H26ClN3O3S/c1-14-10-15(2)12-17(11-14)25-23-27(8-9-30-4)22(29)20(31-23)13-21(28)26-19-7-5-6-18(24)16(19)3/h5-7,10-12,20H,8-9,13H2,1-4H3,(H,26,28). The number of nitrogens with one attached hydrogen (secondary N) is 1. The van der Waals surface area contributed by atoms with Gasteiger partial charge in [-0.15, -0.1) is 0 Å². The normalized spacial score (nSPS) is 17.5. The van der Waals surface area contributed by atoms with Crippen molar-refractivity contribution in [2.45, 2.75) is 32.4 Å². The number of aliphatic imine (C=N–C) groups is 1. The van der Waals surface area contributed by atoms with E-state index in [-0.39, 0.29) is 18.2 Å². The first-order valence-corrected chi connectivity index (χ1v) is 11.2. The third-order valence-corrected chi connectivity index (χ3v) is 6.47. The number of amides is 2. The molecule has 164 valence electrons. The molecule has 1 saturated heterocycles. The van der Waals surface area contributed by atoms with Gasteiger partial charge in [0, 0.05) is 24.2 Å². The van der Waals surface area contributed by atoms with Crippen molar-refractivity contribution >= 4 is 51.7 Å². The quantitative estimate of drug-likeness (QED) is 0.641. The average Bonchev–Trinajstić information content (AvgIpc) is 2.97. The number of hydrogen-bond donors (Lipinski definition) is 1. The Morgan fingerprint density at radius 3 is 2.61 bits per heavy atom. The van der Waals surface area contributed by atoms with Gasteiger partial charge in [-0.2, -0.15) is 0 Å². The van der Waals surface area contributed by atoms with Crippen LogP contribution in [0.1, 0.15) is 23.1 Å². The number of ether oxygens (including phenoxy) is 1. The van der Waals surface area contributed by atoms with Crippen molar-refractivity contribution in [1.82, 2.24) is 4.90 Å². The van der Waals surface area contributed by atoms with Gasteiger partial charge in [-0.05, 0) is 61.7 Å². The number of carbonyl (C=O) groups is 2. The lowest BCUT2D eigenvalue weighted by molar-refractivity contribution is -0.128. The van der Waals surface area contributed by atoms with Crippen LogP contribution in [-0.2, 0) is 14.3 Å². The lowest BCUT2D eigenvalue weighted by Crippen LogP contribution is -2.35. The first-order chi connectivity index (χ1) is 14.8. The van der Waals surface area contributed by atoms with Crippen LogP contribution in [0.5, 0.6) is 0 Å². The lowest BCUT2D eigenvalue weighted by atomic mass is 10.1. The van der Waals surface area contributed by atoms with Crippen LogP contribution < -0.4 is 5.32 Å². The van der Waals surface area contributed by atoms with E-state index in [1.54, 1.807) is 30.2 Å². The molecule has 1 heterocycles. The van der Waals surface area contributed by atoms with Crippen molar-refractivity contribution in [3.05, 3.63) is 58.1 Å². The van der Waals surface area contributed by atoms with Crippen molar-refractivity contribution in [1.29, 1.82) is 0 Å². The van der Waals surface area contributed by atoms with Crippen LogP contribution in [0.25, 0.3) is 0 Å². The molecule has 0 bridgehead atoms. The van der Waals surface area contributed by atoms with Gasteiger partial charge in [0.1, 0.15) is 5.25 Å². The van der Waals surface area contributed by atoms with Gasteiger partial charge in [0.05, 0.1) is 18.8 Å². The summed E-state index contributed by atoms with van der Waals surface area (Å²) in [5, 5.41) is 3.49. The molecule has 0 aliphatic carbocycles. The lowest BCUT2D eigenvalue weighted by Gasteiger charge is -2.16. The Labute approximate surface area is 192 Å². The minimum Gasteiger partial charge on any atom is -0.383 e. The Balaban J connectivity index is 1.78. The van der Waals surface area contributed by atoms with E-state index < -0.39 is 5.25 Å². The van der Waals surface area contributed by atoms with Crippen molar-refractivity contribution in [3.8, 4) is 0 Å². The van der Waals surface area contributed by atoms with Crippen molar-refractivity contribution < 1.29 is 14.3 Å². The number of nitrogens with zero attached hydrogens (tertiary/aromatic N) is 2. The maximum absolute atomic E-state index is 13.0. The fourth-order valence-corrected chi connectivity index (χ4v) is 4.71. The van der Waals surface area contributed by atoms with Gasteiger partial charge in [0.25, 0.3) is 0 Å². The zero-order chi connectivity index (χ0) is 22.5. The Kier molecular flexibility index (Phi) is 7.75. The van der Waals surface area contributed by atoms with E-state index in [2.05, 4.69) is 11.4 Å².